The lowest BCUT2D eigenvalue weighted by atomic mass is 10.2. The van der Waals surface area contributed by atoms with Crippen molar-refractivity contribution >= 4 is 45.4 Å². The quantitative estimate of drug-likeness (QED) is 0.666. The lowest BCUT2D eigenvalue weighted by Gasteiger charge is -2.04. The number of hydrogen-bond donors (Lipinski definition) is 0. The van der Waals surface area contributed by atoms with Crippen LogP contribution in [0.1, 0.15) is 10.7 Å². The highest BCUT2D eigenvalue weighted by Gasteiger charge is 2.08. The van der Waals surface area contributed by atoms with Gasteiger partial charge in [-0.1, -0.05) is 23.2 Å². The predicted molar refractivity (Wildman–Crippen MR) is 77.9 cm³/mol. The summed E-state index contributed by atoms with van der Waals surface area (Å²) in [6.07, 6.45) is 2.02. The molecule has 0 saturated carbocycles. The molecule has 18 heavy (non-hydrogen) atoms. The Labute approximate surface area is 119 Å². The average molecular weight is 297 g/mol. The van der Waals surface area contributed by atoms with Gasteiger partial charge in [0.2, 0.25) is 0 Å². The van der Waals surface area contributed by atoms with Crippen LogP contribution < -0.4 is 0 Å². The van der Waals surface area contributed by atoms with E-state index in [0.29, 0.717) is 10.0 Å². The largest absolute Gasteiger partial charge is 0.341 e. The molecule has 0 spiro atoms. The minimum absolute atomic E-state index is 0.655. The summed E-state index contributed by atoms with van der Waals surface area (Å²) in [4.78, 5) is 4.47. The molecule has 0 N–H and O–H groups in total. The first-order valence-corrected chi connectivity index (χ1v) is 7.12. The first kappa shape index (κ1) is 12.0. The molecule has 2 heterocycles. The smallest absolute Gasteiger partial charge is 0.0898 e. The van der Waals surface area contributed by atoms with E-state index < -0.39 is 0 Å². The summed E-state index contributed by atoms with van der Waals surface area (Å²) in [5, 5.41) is 5.52. The molecule has 0 amide bonds. The molecular formula is C13H10Cl2N2S. The van der Waals surface area contributed by atoms with Crippen molar-refractivity contribution in [3.8, 4) is 0 Å². The zero-order valence-corrected chi connectivity index (χ0v) is 12.0. The van der Waals surface area contributed by atoms with Crippen LogP contribution in [0.15, 0.2) is 29.8 Å². The Balaban J connectivity index is 2.07. The molecule has 0 fully saturated rings. The van der Waals surface area contributed by atoms with Gasteiger partial charge in [-0.05, 0) is 25.1 Å². The molecule has 1 aromatic carbocycles. The summed E-state index contributed by atoms with van der Waals surface area (Å²) >= 11 is 13.9. The molecule has 0 aliphatic carbocycles. The normalized spacial score (nSPS) is 11.3. The Morgan fingerprint density at radius 3 is 2.89 bits per heavy atom. The lowest BCUT2D eigenvalue weighted by Crippen LogP contribution is -1.98. The number of halogens is 2. The van der Waals surface area contributed by atoms with Crippen LogP contribution in [0.25, 0.3) is 10.9 Å². The van der Waals surface area contributed by atoms with Gasteiger partial charge in [-0.15, -0.1) is 11.3 Å². The van der Waals surface area contributed by atoms with Crippen molar-refractivity contribution in [2.75, 3.05) is 0 Å². The summed E-state index contributed by atoms with van der Waals surface area (Å²) in [5.41, 5.74) is 2.10. The van der Waals surface area contributed by atoms with Crippen LogP contribution in [0, 0.1) is 6.92 Å². The summed E-state index contributed by atoms with van der Waals surface area (Å²) in [5.74, 6) is 0. The van der Waals surface area contributed by atoms with Gasteiger partial charge >= 0.3 is 0 Å². The number of benzene rings is 1. The number of nitrogens with zero attached hydrogens (tertiary/aromatic N) is 2. The van der Waals surface area contributed by atoms with E-state index in [9.17, 15) is 0 Å². The molecule has 0 saturated heterocycles. The van der Waals surface area contributed by atoms with Crippen LogP contribution in [0.5, 0.6) is 0 Å². The highest BCUT2D eigenvalue weighted by atomic mass is 35.5. The van der Waals surface area contributed by atoms with Gasteiger partial charge in [-0.2, -0.15) is 0 Å². The first-order chi connectivity index (χ1) is 8.63. The Bertz CT molecular complexity index is 715. The van der Waals surface area contributed by atoms with Crippen molar-refractivity contribution in [2.45, 2.75) is 13.5 Å². The molecule has 3 aromatic rings. The standard InChI is InChI=1S/C13H10Cl2N2S/c1-8-16-10(7-18-8)6-17-3-2-11-12(15)4-9(14)5-13(11)17/h2-5,7H,6H2,1H3. The molecule has 5 heteroatoms. The third-order valence-corrected chi connectivity index (χ3v) is 4.16. The molecule has 0 radical (unpaired) electrons. The number of aryl methyl sites for hydroxylation is 1. The van der Waals surface area contributed by atoms with Gasteiger partial charge in [-0.25, -0.2) is 4.98 Å². The maximum atomic E-state index is 6.17. The number of thiazole rings is 1. The molecule has 0 aliphatic heterocycles. The highest BCUT2D eigenvalue weighted by Crippen LogP contribution is 2.29. The van der Waals surface area contributed by atoms with Gasteiger partial charge in [0.25, 0.3) is 0 Å². The monoisotopic (exact) mass is 296 g/mol. The van der Waals surface area contributed by atoms with Crippen molar-refractivity contribution in [3.63, 3.8) is 0 Å². The Hall–Kier alpha value is -1.03. The molecule has 0 bridgehead atoms. The molecule has 0 aliphatic rings. The molecule has 92 valence electrons. The van der Waals surface area contributed by atoms with Gasteiger partial charge in [0.15, 0.2) is 0 Å². The lowest BCUT2D eigenvalue weighted by molar-refractivity contribution is 0.812. The molecule has 0 atom stereocenters. The van der Waals surface area contributed by atoms with Gasteiger partial charge in [0.1, 0.15) is 0 Å². The second kappa shape index (κ2) is 4.57. The first-order valence-electron chi connectivity index (χ1n) is 5.48. The third-order valence-electron chi connectivity index (χ3n) is 2.80. The van der Waals surface area contributed by atoms with E-state index in [1.165, 1.54) is 0 Å². The minimum Gasteiger partial charge on any atom is -0.341 e. The Kier molecular flexibility index (Phi) is 3.06. The van der Waals surface area contributed by atoms with Crippen LogP contribution in [-0.2, 0) is 6.54 Å². The number of fused-ring (bicyclic) bond motifs is 1. The van der Waals surface area contributed by atoms with E-state index in [1.54, 1.807) is 17.4 Å². The van der Waals surface area contributed by atoms with E-state index >= 15 is 0 Å². The minimum atomic E-state index is 0.655. The number of hydrogen-bond acceptors (Lipinski definition) is 2. The summed E-state index contributed by atoms with van der Waals surface area (Å²) < 4.78 is 2.11. The van der Waals surface area contributed by atoms with E-state index in [1.807, 2.05) is 25.3 Å². The van der Waals surface area contributed by atoms with Crippen LogP contribution >= 0.6 is 34.5 Å². The average Bonchev–Trinajstić information content (AvgIpc) is 2.87. The van der Waals surface area contributed by atoms with Crippen molar-refractivity contribution in [1.82, 2.24) is 9.55 Å². The van der Waals surface area contributed by atoms with Gasteiger partial charge < -0.3 is 4.57 Å². The predicted octanol–water partition coefficient (Wildman–Crippen LogP) is 4.76. The SMILES string of the molecule is Cc1nc(Cn2ccc3c(Cl)cc(Cl)cc32)cs1. The molecular weight excluding hydrogens is 287 g/mol. The van der Waals surface area contributed by atoms with Crippen LogP contribution in [0.2, 0.25) is 10.0 Å². The fourth-order valence-corrected chi connectivity index (χ4v) is 3.16. The number of rotatable bonds is 2. The van der Waals surface area contributed by atoms with Gasteiger partial charge in [0.05, 0.1) is 27.8 Å². The molecule has 3 rings (SSSR count). The summed E-state index contributed by atoms with van der Waals surface area (Å²) in [7, 11) is 0. The number of aromatic nitrogens is 2. The topological polar surface area (TPSA) is 17.8 Å². The third kappa shape index (κ3) is 2.14. The Morgan fingerprint density at radius 1 is 1.33 bits per heavy atom. The summed E-state index contributed by atoms with van der Waals surface area (Å²) in [6, 6.07) is 5.71. The zero-order valence-electron chi connectivity index (χ0n) is 9.65. The van der Waals surface area contributed by atoms with Crippen LogP contribution in [0.3, 0.4) is 0 Å². The van der Waals surface area contributed by atoms with E-state index in [4.69, 9.17) is 23.2 Å². The second-order valence-corrected chi connectivity index (χ2v) is 6.03. The second-order valence-electron chi connectivity index (χ2n) is 4.12. The van der Waals surface area contributed by atoms with Gasteiger partial charge in [0, 0.05) is 22.0 Å². The maximum Gasteiger partial charge on any atom is 0.0898 e. The van der Waals surface area contributed by atoms with Crippen molar-refractivity contribution < 1.29 is 0 Å². The Morgan fingerprint density at radius 2 is 2.17 bits per heavy atom. The van der Waals surface area contributed by atoms with Crippen LogP contribution in [-0.4, -0.2) is 9.55 Å². The van der Waals surface area contributed by atoms with Crippen molar-refractivity contribution in [2.24, 2.45) is 0 Å². The molecule has 2 nitrogen and oxygen atoms in total. The van der Waals surface area contributed by atoms with E-state index in [-0.39, 0.29) is 0 Å². The van der Waals surface area contributed by atoms with Gasteiger partial charge in [-0.3, -0.25) is 0 Å². The van der Waals surface area contributed by atoms with E-state index in [2.05, 4.69) is 14.9 Å². The molecule has 2 aromatic heterocycles. The van der Waals surface area contributed by atoms with Crippen molar-refractivity contribution in [3.05, 3.63) is 50.5 Å². The fraction of sp³-hybridized carbons (Fsp3) is 0.154. The highest BCUT2D eigenvalue weighted by molar-refractivity contribution is 7.09. The molecule has 0 unspecified atom stereocenters. The maximum absolute atomic E-state index is 6.17. The fourth-order valence-electron chi connectivity index (χ4n) is 2.01. The zero-order chi connectivity index (χ0) is 12.7. The van der Waals surface area contributed by atoms with E-state index in [0.717, 1.165) is 28.1 Å². The van der Waals surface area contributed by atoms with Crippen LogP contribution in [0.4, 0.5) is 0 Å². The van der Waals surface area contributed by atoms with Crippen molar-refractivity contribution in [1.29, 1.82) is 0 Å². The summed E-state index contributed by atoms with van der Waals surface area (Å²) in [6.45, 7) is 2.75.